The molecule has 0 unspecified atom stereocenters. The third kappa shape index (κ3) is 2.38. The number of ether oxygens (including phenoxy) is 1. The second-order valence-corrected chi connectivity index (χ2v) is 3.05. The maximum Gasteiger partial charge on any atom is 0.338 e. The lowest BCUT2D eigenvalue weighted by atomic mass is 10.0. The Bertz CT molecular complexity index is 518. The Morgan fingerprint density at radius 1 is 1.65 bits per heavy atom. The van der Waals surface area contributed by atoms with Crippen molar-refractivity contribution in [3.63, 3.8) is 0 Å². The quantitative estimate of drug-likeness (QED) is 0.470. The fourth-order valence-electron chi connectivity index (χ4n) is 1.30. The lowest BCUT2D eigenvalue weighted by Crippen LogP contribution is -2.08. The average Bonchev–Trinajstić information content (AvgIpc) is 2.35. The highest BCUT2D eigenvalue weighted by Crippen LogP contribution is 2.23. The molecule has 0 aromatic heterocycles. The Labute approximate surface area is 96.0 Å². The zero-order chi connectivity index (χ0) is 13.0. The molecular weight excluding hydrogens is 228 g/mol. The molecule has 1 rings (SSSR count). The summed E-state index contributed by atoms with van der Waals surface area (Å²) in [6, 6.07) is 3.66. The molecule has 0 aliphatic carbocycles. The molecule has 1 aromatic carbocycles. The van der Waals surface area contributed by atoms with E-state index < -0.39 is 23.2 Å². The van der Waals surface area contributed by atoms with Gasteiger partial charge in [0.25, 0.3) is 5.69 Å². The van der Waals surface area contributed by atoms with E-state index in [1.165, 1.54) is 0 Å². The van der Waals surface area contributed by atoms with Gasteiger partial charge in [0.15, 0.2) is 0 Å². The molecule has 0 fully saturated rings. The van der Waals surface area contributed by atoms with Gasteiger partial charge in [-0.05, 0) is 11.6 Å². The van der Waals surface area contributed by atoms with Crippen LogP contribution in [0.25, 0.3) is 0 Å². The molecule has 0 amide bonds. The van der Waals surface area contributed by atoms with Gasteiger partial charge in [-0.15, -0.1) is 0 Å². The van der Waals surface area contributed by atoms with Gasteiger partial charge in [0, 0.05) is 6.07 Å². The number of rotatable bonds is 3. The van der Waals surface area contributed by atoms with Gasteiger partial charge in [-0.3, -0.25) is 10.1 Å². The van der Waals surface area contributed by atoms with Gasteiger partial charge in [0.1, 0.15) is 11.6 Å². The standard InChI is InChI=1S/C10H8N2O5/c1-17-10(14)8-3-9(12(15)16)6(4-11)2-7(8)5-13/h2-3,13H,5H2,1H3. The molecule has 7 heteroatoms. The normalized spacial score (nSPS) is 9.47. The molecule has 0 atom stereocenters. The van der Waals surface area contributed by atoms with Crippen LogP contribution in [0.5, 0.6) is 0 Å². The number of nitriles is 1. The molecule has 0 aliphatic rings. The summed E-state index contributed by atoms with van der Waals surface area (Å²) in [6.45, 7) is -0.517. The van der Waals surface area contributed by atoms with Crippen LogP contribution in [0, 0.1) is 21.4 Å². The molecular formula is C10H8N2O5. The fourth-order valence-corrected chi connectivity index (χ4v) is 1.30. The molecule has 0 bridgehead atoms. The van der Waals surface area contributed by atoms with Crippen LogP contribution in [0.1, 0.15) is 21.5 Å². The zero-order valence-electron chi connectivity index (χ0n) is 8.84. The highest BCUT2D eigenvalue weighted by Gasteiger charge is 2.21. The molecule has 0 saturated heterocycles. The van der Waals surface area contributed by atoms with Crippen molar-refractivity contribution in [1.29, 1.82) is 5.26 Å². The minimum Gasteiger partial charge on any atom is -0.465 e. The number of carbonyl (C=O) groups is 1. The van der Waals surface area contributed by atoms with Gasteiger partial charge >= 0.3 is 5.97 Å². The Balaban J connectivity index is 3.51. The number of aliphatic hydroxyl groups excluding tert-OH is 1. The van der Waals surface area contributed by atoms with Crippen LogP contribution >= 0.6 is 0 Å². The highest BCUT2D eigenvalue weighted by atomic mass is 16.6. The molecule has 88 valence electrons. The summed E-state index contributed by atoms with van der Waals surface area (Å²) >= 11 is 0. The van der Waals surface area contributed by atoms with E-state index in [2.05, 4.69) is 4.74 Å². The number of esters is 1. The lowest BCUT2D eigenvalue weighted by Gasteiger charge is -2.06. The number of nitrogens with zero attached hydrogens (tertiary/aromatic N) is 2. The minimum absolute atomic E-state index is 0.110. The summed E-state index contributed by atoms with van der Waals surface area (Å²) in [5.41, 5.74) is -0.725. The van der Waals surface area contributed by atoms with Gasteiger partial charge in [-0.1, -0.05) is 0 Å². The van der Waals surface area contributed by atoms with E-state index in [0.29, 0.717) is 0 Å². The van der Waals surface area contributed by atoms with Crippen LogP contribution in [-0.2, 0) is 11.3 Å². The average molecular weight is 236 g/mol. The van der Waals surface area contributed by atoms with E-state index in [4.69, 9.17) is 10.4 Å². The van der Waals surface area contributed by atoms with E-state index in [9.17, 15) is 14.9 Å². The zero-order valence-corrected chi connectivity index (χ0v) is 8.84. The lowest BCUT2D eigenvalue weighted by molar-refractivity contribution is -0.385. The Kier molecular flexibility index (Phi) is 3.74. The monoisotopic (exact) mass is 236 g/mol. The predicted octanol–water partition coefficient (Wildman–Crippen LogP) is 0.745. The van der Waals surface area contributed by atoms with Gasteiger partial charge in [-0.25, -0.2) is 4.79 Å². The number of aliphatic hydroxyl groups is 1. The van der Waals surface area contributed by atoms with Crippen LogP contribution in [0.2, 0.25) is 0 Å². The molecule has 0 radical (unpaired) electrons. The van der Waals surface area contributed by atoms with Crippen molar-refractivity contribution >= 4 is 11.7 Å². The third-order valence-electron chi connectivity index (χ3n) is 2.11. The minimum atomic E-state index is -0.804. The summed E-state index contributed by atoms with van der Waals surface area (Å²) in [6.07, 6.45) is 0. The maximum atomic E-state index is 11.3. The first kappa shape index (κ1) is 12.6. The number of hydrogen-bond donors (Lipinski definition) is 1. The molecule has 0 spiro atoms. The first-order chi connectivity index (χ1) is 8.04. The van der Waals surface area contributed by atoms with Crippen molar-refractivity contribution in [2.24, 2.45) is 0 Å². The SMILES string of the molecule is COC(=O)c1cc([N+](=O)[O-])c(C#N)cc1CO. The molecule has 0 heterocycles. The molecule has 1 aromatic rings. The predicted molar refractivity (Wildman–Crippen MR) is 55.1 cm³/mol. The number of nitro groups is 1. The first-order valence-electron chi connectivity index (χ1n) is 4.45. The van der Waals surface area contributed by atoms with Crippen molar-refractivity contribution in [2.45, 2.75) is 6.61 Å². The number of carbonyl (C=O) groups excluding carboxylic acids is 1. The Hall–Kier alpha value is -2.46. The smallest absolute Gasteiger partial charge is 0.338 e. The van der Waals surface area contributed by atoms with E-state index >= 15 is 0 Å². The first-order valence-corrected chi connectivity index (χ1v) is 4.45. The van der Waals surface area contributed by atoms with Crippen molar-refractivity contribution in [1.82, 2.24) is 0 Å². The van der Waals surface area contributed by atoms with Crippen molar-refractivity contribution < 1.29 is 19.6 Å². The Morgan fingerprint density at radius 2 is 2.29 bits per heavy atom. The summed E-state index contributed by atoms with van der Waals surface area (Å²) < 4.78 is 4.43. The van der Waals surface area contributed by atoms with Crippen molar-refractivity contribution in [2.75, 3.05) is 7.11 Å². The van der Waals surface area contributed by atoms with Crippen LogP contribution < -0.4 is 0 Å². The largest absolute Gasteiger partial charge is 0.465 e. The summed E-state index contributed by atoms with van der Waals surface area (Å²) in [5, 5.41) is 28.4. The van der Waals surface area contributed by atoms with Gasteiger partial charge < -0.3 is 9.84 Å². The maximum absolute atomic E-state index is 11.3. The van der Waals surface area contributed by atoms with Gasteiger partial charge in [0.2, 0.25) is 0 Å². The number of hydrogen-bond acceptors (Lipinski definition) is 6. The number of nitro benzene ring substituents is 1. The van der Waals surface area contributed by atoms with Crippen LogP contribution in [-0.4, -0.2) is 23.1 Å². The fraction of sp³-hybridized carbons (Fsp3) is 0.200. The molecule has 7 nitrogen and oxygen atoms in total. The van der Waals surface area contributed by atoms with Crippen molar-refractivity contribution in [3.8, 4) is 6.07 Å². The topological polar surface area (TPSA) is 113 Å². The summed E-state index contributed by atoms with van der Waals surface area (Å²) in [5.74, 6) is -0.804. The van der Waals surface area contributed by atoms with E-state index in [0.717, 1.165) is 19.2 Å². The Morgan fingerprint density at radius 3 is 2.71 bits per heavy atom. The highest BCUT2D eigenvalue weighted by molar-refractivity contribution is 5.92. The summed E-state index contributed by atoms with van der Waals surface area (Å²) in [4.78, 5) is 21.2. The van der Waals surface area contributed by atoms with E-state index in [1.54, 1.807) is 6.07 Å². The molecule has 17 heavy (non-hydrogen) atoms. The summed E-state index contributed by atoms with van der Waals surface area (Å²) in [7, 11) is 1.12. The van der Waals surface area contributed by atoms with E-state index in [1.807, 2.05) is 0 Å². The molecule has 0 aliphatic heterocycles. The van der Waals surface area contributed by atoms with Gasteiger partial charge in [0.05, 0.1) is 24.2 Å². The van der Waals surface area contributed by atoms with Crippen LogP contribution in [0.3, 0.4) is 0 Å². The van der Waals surface area contributed by atoms with Crippen LogP contribution in [0.4, 0.5) is 5.69 Å². The third-order valence-corrected chi connectivity index (χ3v) is 2.11. The number of methoxy groups -OCH3 is 1. The second kappa shape index (κ2) is 5.05. The molecule has 0 saturated carbocycles. The molecule has 1 N–H and O–H groups in total. The van der Waals surface area contributed by atoms with Gasteiger partial charge in [-0.2, -0.15) is 5.26 Å². The second-order valence-electron chi connectivity index (χ2n) is 3.05. The van der Waals surface area contributed by atoms with E-state index in [-0.39, 0.29) is 16.7 Å². The van der Waals surface area contributed by atoms with Crippen molar-refractivity contribution in [3.05, 3.63) is 38.9 Å². The number of benzene rings is 1. The van der Waals surface area contributed by atoms with Crippen LogP contribution in [0.15, 0.2) is 12.1 Å².